The van der Waals surface area contributed by atoms with Gasteiger partial charge in [-0.15, -0.1) is 0 Å². The molecule has 2 aromatic heterocycles. The number of methoxy groups -OCH3 is 1. The first-order chi connectivity index (χ1) is 10.9. The van der Waals surface area contributed by atoms with Gasteiger partial charge in [0.05, 0.1) is 12.0 Å². The topological polar surface area (TPSA) is 99.0 Å². The molecule has 0 aliphatic rings. The molecule has 10 heteroatoms. The van der Waals surface area contributed by atoms with Crippen molar-refractivity contribution in [2.24, 2.45) is 7.05 Å². The minimum Gasteiger partial charge on any atom is -0.479 e. The molecule has 0 fully saturated rings. The van der Waals surface area contributed by atoms with E-state index in [1.807, 2.05) is 0 Å². The van der Waals surface area contributed by atoms with Gasteiger partial charge >= 0.3 is 0 Å². The van der Waals surface area contributed by atoms with Crippen LogP contribution in [-0.4, -0.2) is 35.0 Å². The summed E-state index contributed by atoms with van der Waals surface area (Å²) in [4.78, 5) is 12.2. The van der Waals surface area contributed by atoms with Crippen LogP contribution in [-0.2, 0) is 17.1 Å². The first kappa shape index (κ1) is 15.5. The molecule has 0 aliphatic carbocycles. The Hall–Kier alpha value is -2.39. The van der Waals surface area contributed by atoms with Crippen LogP contribution >= 0.6 is 11.6 Å². The van der Waals surface area contributed by atoms with E-state index in [4.69, 9.17) is 16.3 Å². The molecule has 0 spiro atoms. The molecule has 120 valence electrons. The molecule has 0 radical (unpaired) electrons. The third-order valence-corrected chi connectivity index (χ3v) is 4.66. The number of nitrogens with one attached hydrogen (secondary N) is 1. The van der Waals surface area contributed by atoms with E-state index in [2.05, 4.69) is 19.7 Å². The number of rotatable bonds is 4. The maximum atomic E-state index is 12.4. The zero-order chi connectivity index (χ0) is 16.6. The zero-order valence-electron chi connectivity index (χ0n) is 12.2. The van der Waals surface area contributed by atoms with Crippen molar-refractivity contribution in [1.82, 2.24) is 19.5 Å². The molecule has 0 saturated carbocycles. The van der Waals surface area contributed by atoms with Crippen molar-refractivity contribution in [2.45, 2.75) is 4.90 Å². The summed E-state index contributed by atoms with van der Waals surface area (Å²) in [6.45, 7) is 0. The minimum absolute atomic E-state index is 0.0371. The van der Waals surface area contributed by atoms with Crippen LogP contribution in [0.15, 0.2) is 35.2 Å². The molecule has 0 saturated heterocycles. The molecule has 3 rings (SSSR count). The highest BCUT2D eigenvalue weighted by Gasteiger charge is 2.21. The first-order valence-corrected chi connectivity index (χ1v) is 8.30. The number of fused-ring (bicyclic) bond motifs is 1. The summed E-state index contributed by atoms with van der Waals surface area (Å²) in [6, 6.07) is 7.98. The van der Waals surface area contributed by atoms with Gasteiger partial charge in [0, 0.05) is 7.05 Å². The third-order valence-electron chi connectivity index (χ3n) is 3.14. The van der Waals surface area contributed by atoms with Crippen LogP contribution in [0.25, 0.3) is 11.2 Å². The Bertz CT molecular complexity index is 972. The molecule has 23 heavy (non-hydrogen) atoms. The SMILES string of the molecule is COc1nc(Cl)nc2nc(NS(=O)(=O)c3ccccc3)n(C)c12. The number of anilines is 1. The number of imidazole rings is 1. The summed E-state index contributed by atoms with van der Waals surface area (Å²) in [6.07, 6.45) is 0. The van der Waals surface area contributed by atoms with Crippen molar-refractivity contribution in [3.63, 3.8) is 0 Å². The fraction of sp³-hybridized carbons (Fsp3) is 0.154. The summed E-state index contributed by atoms with van der Waals surface area (Å²) < 4.78 is 33.8. The van der Waals surface area contributed by atoms with Gasteiger partial charge in [0.15, 0.2) is 11.2 Å². The fourth-order valence-corrected chi connectivity index (χ4v) is 3.28. The number of nitrogens with zero attached hydrogens (tertiary/aromatic N) is 4. The average Bonchev–Trinajstić information content (AvgIpc) is 2.82. The lowest BCUT2D eigenvalue weighted by Gasteiger charge is -2.08. The Morgan fingerprint density at radius 1 is 1.17 bits per heavy atom. The molecule has 0 bridgehead atoms. The van der Waals surface area contributed by atoms with E-state index in [-0.39, 0.29) is 27.7 Å². The standard InChI is InChI=1S/C13H12ClN5O3S/c1-19-9-10(15-12(14)17-11(9)22-2)16-13(19)18-23(20,21)8-6-4-3-5-7-8/h3-7H,1-2H3,(H,15,16,17,18). The van der Waals surface area contributed by atoms with E-state index in [9.17, 15) is 8.42 Å². The second kappa shape index (κ2) is 5.67. The Morgan fingerprint density at radius 2 is 1.87 bits per heavy atom. The van der Waals surface area contributed by atoms with Gasteiger partial charge in [-0.2, -0.15) is 15.0 Å². The summed E-state index contributed by atoms with van der Waals surface area (Å²) >= 11 is 5.80. The number of hydrogen-bond donors (Lipinski definition) is 1. The lowest BCUT2D eigenvalue weighted by atomic mass is 10.4. The average molecular weight is 354 g/mol. The molecular formula is C13H12ClN5O3S. The van der Waals surface area contributed by atoms with Crippen molar-refractivity contribution in [2.75, 3.05) is 11.8 Å². The molecule has 3 aromatic rings. The summed E-state index contributed by atoms with van der Waals surface area (Å²) in [7, 11) is -0.716. The Kier molecular flexibility index (Phi) is 3.82. The second-order valence-corrected chi connectivity index (χ2v) is 6.61. The van der Waals surface area contributed by atoms with Gasteiger partial charge in [0.25, 0.3) is 10.0 Å². The van der Waals surface area contributed by atoms with Gasteiger partial charge in [-0.25, -0.2) is 13.1 Å². The normalized spacial score (nSPS) is 11.6. The van der Waals surface area contributed by atoms with Crippen molar-refractivity contribution < 1.29 is 13.2 Å². The smallest absolute Gasteiger partial charge is 0.264 e. The van der Waals surface area contributed by atoms with Crippen LogP contribution in [0.1, 0.15) is 0 Å². The molecular weight excluding hydrogens is 342 g/mol. The minimum atomic E-state index is -3.77. The van der Waals surface area contributed by atoms with E-state index in [1.165, 1.54) is 23.8 Å². The fourth-order valence-electron chi connectivity index (χ4n) is 2.06. The van der Waals surface area contributed by atoms with E-state index in [0.29, 0.717) is 5.52 Å². The Labute approximate surface area is 137 Å². The van der Waals surface area contributed by atoms with Gasteiger partial charge in [-0.1, -0.05) is 18.2 Å². The molecule has 8 nitrogen and oxygen atoms in total. The Balaban J connectivity index is 2.10. The summed E-state index contributed by atoms with van der Waals surface area (Å²) in [5.41, 5.74) is 0.665. The highest BCUT2D eigenvalue weighted by molar-refractivity contribution is 7.92. The van der Waals surface area contributed by atoms with Crippen LogP contribution in [0.3, 0.4) is 0 Å². The van der Waals surface area contributed by atoms with Crippen LogP contribution in [0.5, 0.6) is 5.88 Å². The van der Waals surface area contributed by atoms with Crippen LogP contribution in [0.2, 0.25) is 5.28 Å². The third kappa shape index (κ3) is 2.80. The lowest BCUT2D eigenvalue weighted by molar-refractivity contribution is 0.401. The Morgan fingerprint density at radius 3 is 2.52 bits per heavy atom. The van der Waals surface area contributed by atoms with Crippen molar-refractivity contribution in [3.05, 3.63) is 35.6 Å². The number of aromatic nitrogens is 4. The second-order valence-electron chi connectivity index (χ2n) is 4.59. The monoisotopic (exact) mass is 353 g/mol. The highest BCUT2D eigenvalue weighted by atomic mass is 35.5. The van der Waals surface area contributed by atoms with Gasteiger partial charge in [0.2, 0.25) is 17.1 Å². The largest absolute Gasteiger partial charge is 0.479 e. The van der Waals surface area contributed by atoms with Crippen LogP contribution < -0.4 is 9.46 Å². The lowest BCUT2D eigenvalue weighted by Crippen LogP contribution is -2.15. The van der Waals surface area contributed by atoms with E-state index in [0.717, 1.165) is 0 Å². The maximum absolute atomic E-state index is 12.4. The predicted molar refractivity (Wildman–Crippen MR) is 85.1 cm³/mol. The van der Waals surface area contributed by atoms with E-state index >= 15 is 0 Å². The molecule has 0 amide bonds. The first-order valence-electron chi connectivity index (χ1n) is 6.44. The number of halogens is 1. The summed E-state index contributed by atoms with van der Waals surface area (Å²) in [5.74, 6) is 0.291. The van der Waals surface area contributed by atoms with Gasteiger partial charge in [-0.05, 0) is 23.7 Å². The molecule has 2 heterocycles. The number of aryl methyl sites for hydroxylation is 1. The maximum Gasteiger partial charge on any atom is 0.264 e. The van der Waals surface area contributed by atoms with Gasteiger partial charge in [0.1, 0.15) is 0 Å². The number of ether oxygens (including phenoxy) is 1. The number of benzene rings is 1. The van der Waals surface area contributed by atoms with Crippen LogP contribution in [0, 0.1) is 0 Å². The molecule has 0 unspecified atom stereocenters. The van der Waals surface area contributed by atoms with E-state index < -0.39 is 10.0 Å². The number of hydrogen-bond acceptors (Lipinski definition) is 6. The highest BCUT2D eigenvalue weighted by Crippen LogP contribution is 2.27. The molecule has 0 atom stereocenters. The van der Waals surface area contributed by atoms with Gasteiger partial charge in [-0.3, -0.25) is 0 Å². The quantitative estimate of drug-likeness (QED) is 0.718. The van der Waals surface area contributed by atoms with Gasteiger partial charge < -0.3 is 9.30 Å². The van der Waals surface area contributed by atoms with Crippen molar-refractivity contribution in [3.8, 4) is 5.88 Å². The molecule has 0 aliphatic heterocycles. The van der Waals surface area contributed by atoms with Crippen molar-refractivity contribution in [1.29, 1.82) is 0 Å². The van der Waals surface area contributed by atoms with Crippen molar-refractivity contribution >= 4 is 38.7 Å². The predicted octanol–water partition coefficient (Wildman–Crippen LogP) is 1.83. The van der Waals surface area contributed by atoms with E-state index in [1.54, 1.807) is 25.2 Å². The van der Waals surface area contributed by atoms with Crippen LogP contribution in [0.4, 0.5) is 5.95 Å². The zero-order valence-corrected chi connectivity index (χ0v) is 13.8. The molecule has 1 aromatic carbocycles. The number of sulfonamides is 1. The molecule has 1 N–H and O–H groups in total. The summed E-state index contributed by atoms with van der Waals surface area (Å²) in [5, 5.41) is -0.0371.